The smallest absolute Gasteiger partial charge is 0.287 e. The fraction of sp³-hybridized carbons (Fsp3) is 0.385. The van der Waals surface area contributed by atoms with Gasteiger partial charge in [0.1, 0.15) is 16.9 Å². The van der Waals surface area contributed by atoms with Crippen LogP contribution in [-0.4, -0.2) is 35.0 Å². The molecule has 1 fully saturated rings. The summed E-state index contributed by atoms with van der Waals surface area (Å²) in [7, 11) is 0. The summed E-state index contributed by atoms with van der Waals surface area (Å²) >= 11 is 0. The van der Waals surface area contributed by atoms with Crippen molar-refractivity contribution in [1.82, 2.24) is 10.6 Å². The number of benzene rings is 2. The van der Waals surface area contributed by atoms with Gasteiger partial charge in [0.25, 0.3) is 5.91 Å². The number of para-hydroxylation sites is 1. The standard InChI is InChI=1S/C26H31N3O4/c1-2-19(17-27-20-10-12-21(30)13-11-20)28-25(32)26(14-6-3-7-15-26)29-24(31)23-16-18-8-4-5-9-22(18)33-23/h4-5,8-13,16,19,27,30H,2-3,6-7,14-15,17H2,1H3,(H,28,32)(H,29,31)/t19-/m0/s1. The number of amides is 2. The Balaban J connectivity index is 1.44. The van der Waals surface area contributed by atoms with Crippen molar-refractivity contribution in [2.45, 2.75) is 57.0 Å². The van der Waals surface area contributed by atoms with Gasteiger partial charge in [-0.3, -0.25) is 9.59 Å². The maximum Gasteiger partial charge on any atom is 0.287 e. The molecule has 1 aromatic heterocycles. The Morgan fingerprint density at radius 3 is 2.48 bits per heavy atom. The largest absolute Gasteiger partial charge is 0.508 e. The zero-order valence-corrected chi connectivity index (χ0v) is 18.9. The lowest BCUT2D eigenvalue weighted by atomic mass is 9.80. The minimum Gasteiger partial charge on any atom is -0.508 e. The van der Waals surface area contributed by atoms with Gasteiger partial charge < -0.3 is 25.5 Å². The van der Waals surface area contributed by atoms with Crippen LogP contribution in [0.15, 0.2) is 59.0 Å². The maximum absolute atomic E-state index is 13.5. The normalized spacial score (nSPS) is 16.2. The van der Waals surface area contributed by atoms with Crippen LogP contribution in [0.4, 0.5) is 5.69 Å². The highest BCUT2D eigenvalue weighted by Gasteiger charge is 2.42. The highest BCUT2D eigenvalue weighted by atomic mass is 16.3. The van der Waals surface area contributed by atoms with Gasteiger partial charge >= 0.3 is 0 Å². The van der Waals surface area contributed by atoms with E-state index in [1.165, 1.54) is 0 Å². The van der Waals surface area contributed by atoms with E-state index in [9.17, 15) is 14.7 Å². The van der Waals surface area contributed by atoms with Gasteiger partial charge in [0.15, 0.2) is 5.76 Å². The average Bonchev–Trinajstić information content (AvgIpc) is 3.28. The number of hydrogen-bond acceptors (Lipinski definition) is 5. The molecule has 0 unspecified atom stereocenters. The molecular weight excluding hydrogens is 418 g/mol. The number of hydrogen-bond donors (Lipinski definition) is 4. The third-order valence-corrected chi connectivity index (χ3v) is 6.39. The van der Waals surface area contributed by atoms with Gasteiger partial charge in [0, 0.05) is 23.7 Å². The van der Waals surface area contributed by atoms with Crippen molar-refractivity contribution in [2.24, 2.45) is 0 Å². The molecule has 1 saturated carbocycles. The molecule has 0 aliphatic heterocycles. The molecule has 0 saturated heterocycles. The van der Waals surface area contributed by atoms with Crippen molar-refractivity contribution < 1.29 is 19.1 Å². The Kier molecular flexibility index (Phi) is 6.87. The van der Waals surface area contributed by atoms with Gasteiger partial charge in [-0.25, -0.2) is 0 Å². The molecule has 0 radical (unpaired) electrons. The number of furan rings is 1. The molecule has 3 aromatic rings. The van der Waals surface area contributed by atoms with Crippen LogP contribution in [0, 0.1) is 0 Å². The Labute approximate surface area is 193 Å². The van der Waals surface area contributed by atoms with E-state index in [2.05, 4.69) is 16.0 Å². The van der Waals surface area contributed by atoms with E-state index in [4.69, 9.17) is 4.42 Å². The van der Waals surface area contributed by atoms with Crippen molar-refractivity contribution in [3.8, 4) is 5.75 Å². The van der Waals surface area contributed by atoms with Crippen LogP contribution in [0.25, 0.3) is 11.0 Å². The summed E-state index contributed by atoms with van der Waals surface area (Å²) in [6.07, 6.45) is 4.77. The minimum atomic E-state index is -0.944. The van der Waals surface area contributed by atoms with E-state index >= 15 is 0 Å². The molecule has 2 amide bonds. The first-order chi connectivity index (χ1) is 16.0. The first kappa shape index (κ1) is 22.7. The third-order valence-electron chi connectivity index (χ3n) is 6.39. The fourth-order valence-corrected chi connectivity index (χ4v) is 4.38. The van der Waals surface area contributed by atoms with Crippen LogP contribution >= 0.6 is 0 Å². The molecule has 1 atom stereocenters. The van der Waals surface area contributed by atoms with E-state index in [0.717, 1.165) is 36.8 Å². The van der Waals surface area contributed by atoms with E-state index in [1.54, 1.807) is 30.3 Å². The Morgan fingerprint density at radius 2 is 1.79 bits per heavy atom. The second-order valence-electron chi connectivity index (χ2n) is 8.75. The number of phenols is 1. The van der Waals surface area contributed by atoms with Gasteiger partial charge in [0.05, 0.1) is 0 Å². The monoisotopic (exact) mass is 449 g/mol. The molecule has 1 aliphatic carbocycles. The van der Waals surface area contributed by atoms with Crippen molar-refractivity contribution >= 4 is 28.5 Å². The molecule has 1 heterocycles. The zero-order valence-electron chi connectivity index (χ0n) is 18.9. The number of aromatic hydroxyl groups is 1. The lowest BCUT2D eigenvalue weighted by Gasteiger charge is -2.37. The SMILES string of the molecule is CC[C@@H](CNc1ccc(O)cc1)NC(=O)C1(NC(=O)c2cc3ccccc3o2)CCCCC1. The number of fused-ring (bicyclic) bond motifs is 1. The van der Waals surface area contributed by atoms with Gasteiger partial charge in [-0.1, -0.05) is 44.4 Å². The third kappa shape index (κ3) is 5.30. The Morgan fingerprint density at radius 1 is 1.06 bits per heavy atom. The molecule has 1 aliphatic rings. The van der Waals surface area contributed by atoms with E-state index in [0.29, 0.717) is 25.0 Å². The van der Waals surface area contributed by atoms with Crippen LogP contribution in [0.2, 0.25) is 0 Å². The molecule has 4 N–H and O–H groups in total. The summed E-state index contributed by atoms with van der Waals surface area (Å²) in [5.41, 5.74) is 0.572. The number of nitrogens with one attached hydrogen (secondary N) is 3. The van der Waals surface area contributed by atoms with E-state index in [1.807, 2.05) is 31.2 Å². The molecule has 33 heavy (non-hydrogen) atoms. The van der Waals surface area contributed by atoms with Crippen LogP contribution in [-0.2, 0) is 4.79 Å². The predicted molar refractivity (Wildman–Crippen MR) is 128 cm³/mol. The second-order valence-corrected chi connectivity index (χ2v) is 8.75. The Hall–Kier alpha value is -3.48. The van der Waals surface area contributed by atoms with Crippen LogP contribution in [0.1, 0.15) is 56.0 Å². The number of carbonyl (C=O) groups excluding carboxylic acids is 2. The lowest BCUT2D eigenvalue weighted by molar-refractivity contribution is -0.129. The van der Waals surface area contributed by atoms with Crippen molar-refractivity contribution in [3.63, 3.8) is 0 Å². The molecule has 7 heteroatoms. The van der Waals surface area contributed by atoms with Crippen molar-refractivity contribution in [3.05, 3.63) is 60.4 Å². The van der Waals surface area contributed by atoms with E-state index < -0.39 is 5.54 Å². The summed E-state index contributed by atoms with van der Waals surface area (Å²) in [5.74, 6) is -0.0835. The number of anilines is 1. The number of carbonyl (C=O) groups is 2. The molecule has 174 valence electrons. The summed E-state index contributed by atoms with van der Waals surface area (Å²) in [5, 5.41) is 19.8. The van der Waals surface area contributed by atoms with Crippen LogP contribution < -0.4 is 16.0 Å². The van der Waals surface area contributed by atoms with Gasteiger partial charge in [0.2, 0.25) is 5.91 Å². The lowest BCUT2D eigenvalue weighted by Crippen LogP contribution is -2.61. The number of phenolic OH excluding ortho intramolecular Hbond substituents is 1. The molecule has 0 bridgehead atoms. The molecule has 4 rings (SSSR count). The fourth-order valence-electron chi connectivity index (χ4n) is 4.38. The molecule has 7 nitrogen and oxygen atoms in total. The van der Waals surface area contributed by atoms with Crippen molar-refractivity contribution in [1.29, 1.82) is 0 Å². The number of rotatable bonds is 8. The topological polar surface area (TPSA) is 104 Å². The highest BCUT2D eigenvalue weighted by Crippen LogP contribution is 2.30. The average molecular weight is 450 g/mol. The molecule has 2 aromatic carbocycles. The van der Waals surface area contributed by atoms with Gasteiger partial charge in [-0.15, -0.1) is 0 Å². The van der Waals surface area contributed by atoms with Gasteiger partial charge in [-0.05, 0) is 55.7 Å². The zero-order chi connectivity index (χ0) is 23.3. The summed E-state index contributed by atoms with van der Waals surface area (Å²) in [6.45, 7) is 2.56. The van der Waals surface area contributed by atoms with E-state index in [-0.39, 0.29) is 29.4 Å². The first-order valence-electron chi connectivity index (χ1n) is 11.6. The second kappa shape index (κ2) is 9.98. The van der Waals surface area contributed by atoms with Gasteiger partial charge in [-0.2, -0.15) is 0 Å². The summed E-state index contributed by atoms with van der Waals surface area (Å²) in [6, 6.07) is 15.9. The highest BCUT2D eigenvalue weighted by molar-refractivity contribution is 6.00. The quantitative estimate of drug-likeness (QED) is 0.377. The maximum atomic E-state index is 13.5. The Bertz CT molecular complexity index is 1070. The molecule has 0 spiro atoms. The van der Waals surface area contributed by atoms with Crippen LogP contribution in [0.5, 0.6) is 5.75 Å². The first-order valence-corrected chi connectivity index (χ1v) is 11.6. The van der Waals surface area contributed by atoms with Crippen LogP contribution in [0.3, 0.4) is 0 Å². The predicted octanol–water partition coefficient (Wildman–Crippen LogP) is 4.58. The summed E-state index contributed by atoms with van der Waals surface area (Å²) < 4.78 is 5.72. The molecular formula is C26H31N3O4. The summed E-state index contributed by atoms with van der Waals surface area (Å²) in [4.78, 5) is 26.5. The van der Waals surface area contributed by atoms with Crippen molar-refractivity contribution in [2.75, 3.05) is 11.9 Å². The minimum absolute atomic E-state index is 0.104.